The van der Waals surface area contributed by atoms with Crippen molar-refractivity contribution in [3.63, 3.8) is 0 Å². The van der Waals surface area contributed by atoms with Crippen LogP contribution in [0.25, 0.3) is 0 Å². The van der Waals surface area contributed by atoms with E-state index in [0.29, 0.717) is 25.2 Å². The largest absolute Gasteiger partial charge is 0.354 e. The Hall–Kier alpha value is -2.61. The smallest absolute Gasteiger partial charge is 0.271 e. The van der Waals surface area contributed by atoms with Crippen molar-refractivity contribution >= 4 is 26.0 Å². The lowest BCUT2D eigenvalue weighted by atomic mass is 9.97. The molecule has 1 aromatic heterocycles. The lowest BCUT2D eigenvalue weighted by Gasteiger charge is -2.27. The zero-order valence-corrected chi connectivity index (χ0v) is 15.1. The molecular formula is C18H22BN5O2. The van der Waals surface area contributed by atoms with Gasteiger partial charge in [0, 0.05) is 37.1 Å². The summed E-state index contributed by atoms with van der Waals surface area (Å²) >= 11 is 0. The molecule has 2 heterocycles. The number of rotatable bonds is 6. The third kappa shape index (κ3) is 3.65. The molecule has 3 rings (SSSR count). The maximum absolute atomic E-state index is 11.9. The maximum Gasteiger partial charge on any atom is 0.271 e. The third-order valence-corrected chi connectivity index (χ3v) is 4.81. The van der Waals surface area contributed by atoms with Crippen LogP contribution in [0, 0.1) is 6.92 Å². The van der Waals surface area contributed by atoms with Crippen molar-refractivity contribution in [2.75, 3.05) is 25.0 Å². The van der Waals surface area contributed by atoms with Crippen molar-refractivity contribution in [1.82, 2.24) is 20.3 Å². The zero-order valence-electron chi connectivity index (χ0n) is 15.1. The number of nitrogens with zero attached hydrogens (tertiary/aromatic N) is 3. The van der Waals surface area contributed by atoms with Gasteiger partial charge in [-0.2, -0.15) is 5.10 Å². The van der Waals surface area contributed by atoms with Crippen LogP contribution in [-0.2, 0) is 24.2 Å². The van der Waals surface area contributed by atoms with Gasteiger partial charge in [-0.05, 0) is 49.6 Å². The third-order valence-electron chi connectivity index (χ3n) is 4.81. The molecule has 134 valence electrons. The van der Waals surface area contributed by atoms with Gasteiger partial charge in [0.05, 0.1) is 0 Å². The van der Waals surface area contributed by atoms with Crippen LogP contribution in [0.4, 0.5) is 5.69 Å². The molecule has 2 aromatic rings. The standard InChI is InChI=1S/C18H22BN5O2/c1-12-16(17(22-21-12)18(26)20-2)6-7-23(11-25)15-4-3-13-5-8-24(19)10-14(13)9-15/h3-4,9,11H,5-8,10H2,1-2H3,(H,20,26)(H,21,22). The number of hydrogen-bond donors (Lipinski definition) is 2. The second-order valence-electron chi connectivity index (χ2n) is 6.48. The van der Waals surface area contributed by atoms with Crippen molar-refractivity contribution in [3.05, 3.63) is 46.3 Å². The SMILES string of the molecule is [B]N1CCc2ccc(N(C=O)CCc3c(C(=O)NC)n[nH]c3C)cc2C1. The van der Waals surface area contributed by atoms with Crippen molar-refractivity contribution in [3.8, 4) is 0 Å². The predicted molar refractivity (Wildman–Crippen MR) is 100 cm³/mol. The topological polar surface area (TPSA) is 81.3 Å². The first kappa shape index (κ1) is 18.2. The number of aromatic nitrogens is 2. The first-order valence-electron chi connectivity index (χ1n) is 8.62. The van der Waals surface area contributed by atoms with E-state index in [4.69, 9.17) is 7.98 Å². The van der Waals surface area contributed by atoms with Gasteiger partial charge < -0.3 is 15.0 Å². The van der Waals surface area contributed by atoms with E-state index in [-0.39, 0.29) is 5.91 Å². The first-order chi connectivity index (χ1) is 12.5. The molecule has 0 fully saturated rings. The average molecular weight is 351 g/mol. The van der Waals surface area contributed by atoms with E-state index >= 15 is 0 Å². The molecule has 0 atom stereocenters. The number of H-pyrrole nitrogens is 1. The molecule has 0 unspecified atom stereocenters. The Kier molecular flexibility index (Phi) is 5.42. The lowest BCUT2D eigenvalue weighted by Crippen LogP contribution is -2.29. The highest BCUT2D eigenvalue weighted by Gasteiger charge is 2.19. The number of aromatic amines is 1. The number of hydrogen-bond acceptors (Lipinski definition) is 4. The summed E-state index contributed by atoms with van der Waals surface area (Å²) in [7, 11) is 7.48. The van der Waals surface area contributed by atoms with Crippen molar-refractivity contribution < 1.29 is 9.59 Å². The monoisotopic (exact) mass is 351 g/mol. The van der Waals surface area contributed by atoms with Crippen LogP contribution in [0.15, 0.2) is 18.2 Å². The number of fused-ring (bicyclic) bond motifs is 1. The van der Waals surface area contributed by atoms with Gasteiger partial charge in [-0.3, -0.25) is 14.7 Å². The average Bonchev–Trinajstić information content (AvgIpc) is 3.02. The number of benzene rings is 1. The van der Waals surface area contributed by atoms with Crippen molar-refractivity contribution in [1.29, 1.82) is 0 Å². The number of carbonyl (C=O) groups excluding carboxylic acids is 2. The number of carbonyl (C=O) groups is 2. The Morgan fingerprint density at radius 1 is 1.46 bits per heavy atom. The number of anilines is 1. The summed E-state index contributed by atoms with van der Waals surface area (Å²) in [4.78, 5) is 27.0. The molecule has 0 spiro atoms. The van der Waals surface area contributed by atoms with Crippen LogP contribution in [0.2, 0.25) is 0 Å². The van der Waals surface area contributed by atoms with Gasteiger partial charge >= 0.3 is 0 Å². The van der Waals surface area contributed by atoms with E-state index in [1.54, 1.807) is 16.8 Å². The van der Waals surface area contributed by atoms with Gasteiger partial charge in [0.1, 0.15) is 0 Å². The summed E-state index contributed by atoms with van der Waals surface area (Å²) in [5, 5.41) is 9.49. The van der Waals surface area contributed by atoms with E-state index in [1.807, 2.05) is 19.1 Å². The highest BCUT2D eigenvalue weighted by molar-refractivity contribution is 6.04. The van der Waals surface area contributed by atoms with Crippen LogP contribution in [0.5, 0.6) is 0 Å². The fourth-order valence-corrected chi connectivity index (χ4v) is 3.28. The Labute approximate surface area is 154 Å². The molecular weight excluding hydrogens is 329 g/mol. The first-order valence-corrected chi connectivity index (χ1v) is 8.62. The van der Waals surface area contributed by atoms with E-state index in [9.17, 15) is 9.59 Å². The van der Waals surface area contributed by atoms with Crippen LogP contribution in [0.3, 0.4) is 0 Å². The van der Waals surface area contributed by atoms with Gasteiger partial charge in [0.15, 0.2) is 13.7 Å². The van der Waals surface area contributed by atoms with Crippen molar-refractivity contribution in [2.24, 2.45) is 0 Å². The fraction of sp³-hybridized carbons (Fsp3) is 0.389. The van der Waals surface area contributed by atoms with E-state index in [2.05, 4.69) is 21.6 Å². The molecule has 2 N–H and O–H groups in total. The summed E-state index contributed by atoms with van der Waals surface area (Å²) in [5.41, 5.74) is 5.28. The Bertz CT molecular complexity index is 820. The Morgan fingerprint density at radius 3 is 3.00 bits per heavy atom. The van der Waals surface area contributed by atoms with Crippen LogP contribution >= 0.6 is 0 Å². The minimum Gasteiger partial charge on any atom is -0.354 e. The molecule has 0 aliphatic carbocycles. The quantitative estimate of drug-likeness (QED) is 0.594. The summed E-state index contributed by atoms with van der Waals surface area (Å²) < 4.78 is 0. The molecule has 0 saturated carbocycles. The van der Waals surface area contributed by atoms with Gasteiger partial charge in [0.2, 0.25) is 6.41 Å². The molecule has 1 aliphatic rings. The molecule has 0 saturated heterocycles. The molecule has 8 heteroatoms. The molecule has 2 radical (unpaired) electrons. The summed E-state index contributed by atoms with van der Waals surface area (Å²) in [6.45, 7) is 3.84. The second-order valence-corrected chi connectivity index (χ2v) is 6.48. The highest BCUT2D eigenvalue weighted by Crippen LogP contribution is 2.24. The van der Waals surface area contributed by atoms with E-state index < -0.39 is 0 Å². The molecule has 26 heavy (non-hydrogen) atoms. The fourth-order valence-electron chi connectivity index (χ4n) is 3.28. The molecule has 1 aromatic carbocycles. The Morgan fingerprint density at radius 2 is 2.27 bits per heavy atom. The minimum atomic E-state index is -0.237. The summed E-state index contributed by atoms with van der Waals surface area (Å²) in [6.07, 6.45) is 2.26. The van der Waals surface area contributed by atoms with Gasteiger partial charge in [-0.25, -0.2) is 0 Å². The van der Waals surface area contributed by atoms with Crippen LogP contribution < -0.4 is 10.2 Å². The molecule has 1 aliphatic heterocycles. The predicted octanol–water partition coefficient (Wildman–Crippen LogP) is 0.725. The van der Waals surface area contributed by atoms with Gasteiger partial charge in [-0.1, -0.05) is 6.07 Å². The highest BCUT2D eigenvalue weighted by atomic mass is 16.2. The minimum absolute atomic E-state index is 0.237. The number of nitrogens with one attached hydrogen (secondary N) is 2. The van der Waals surface area contributed by atoms with Gasteiger partial charge in [0.25, 0.3) is 5.91 Å². The number of aryl methyl sites for hydroxylation is 1. The van der Waals surface area contributed by atoms with E-state index in [1.165, 1.54) is 5.56 Å². The maximum atomic E-state index is 11.9. The summed E-state index contributed by atoms with van der Waals surface area (Å²) in [6, 6.07) is 6.04. The molecule has 7 nitrogen and oxygen atoms in total. The molecule has 0 bridgehead atoms. The Balaban J connectivity index is 1.77. The van der Waals surface area contributed by atoms with E-state index in [0.717, 1.165) is 41.9 Å². The van der Waals surface area contributed by atoms with Gasteiger partial charge in [-0.15, -0.1) is 0 Å². The van der Waals surface area contributed by atoms with Crippen LogP contribution in [-0.4, -0.2) is 55.4 Å². The summed E-state index contributed by atoms with van der Waals surface area (Å²) in [5.74, 6) is -0.237. The van der Waals surface area contributed by atoms with Crippen LogP contribution in [0.1, 0.15) is 32.9 Å². The number of amides is 2. The lowest BCUT2D eigenvalue weighted by molar-refractivity contribution is -0.107. The zero-order chi connectivity index (χ0) is 18.7. The second kappa shape index (κ2) is 7.74. The van der Waals surface area contributed by atoms with Crippen molar-refractivity contribution in [2.45, 2.75) is 26.3 Å². The normalized spacial score (nSPS) is 13.9. The molecule has 2 amide bonds.